The molecule has 1 aliphatic heterocycles. The van der Waals surface area contributed by atoms with Crippen LogP contribution in [0, 0.1) is 5.92 Å². The highest BCUT2D eigenvalue weighted by atomic mass is 32.2. The topological polar surface area (TPSA) is 85.4 Å². The Balaban J connectivity index is 1.64. The lowest BCUT2D eigenvalue weighted by atomic mass is 9.96. The number of sulfonamides is 1. The molecule has 0 saturated carbocycles. The van der Waals surface area contributed by atoms with Crippen LogP contribution in [0.4, 0.5) is 0 Å². The van der Waals surface area contributed by atoms with Crippen LogP contribution < -0.4 is 14.2 Å². The van der Waals surface area contributed by atoms with E-state index in [4.69, 9.17) is 14.2 Å². The maximum absolute atomic E-state index is 13.2. The molecule has 0 aromatic heterocycles. The summed E-state index contributed by atoms with van der Waals surface area (Å²) in [5.41, 5.74) is 1.01. The third-order valence-corrected chi connectivity index (χ3v) is 7.67. The molecule has 1 fully saturated rings. The fourth-order valence-electron chi connectivity index (χ4n) is 3.86. The lowest BCUT2D eigenvalue weighted by Crippen LogP contribution is -2.43. The van der Waals surface area contributed by atoms with Crippen LogP contribution in [0.1, 0.15) is 18.4 Å². The number of rotatable bonds is 8. The first-order valence-corrected chi connectivity index (χ1v) is 11.8. The van der Waals surface area contributed by atoms with E-state index in [2.05, 4.69) is 0 Å². The van der Waals surface area contributed by atoms with Gasteiger partial charge in [0.05, 0.1) is 21.3 Å². The molecule has 174 valence electrons. The van der Waals surface area contributed by atoms with E-state index >= 15 is 0 Å². The second-order valence-corrected chi connectivity index (χ2v) is 9.64. The zero-order valence-corrected chi connectivity index (χ0v) is 19.7. The first-order chi connectivity index (χ1) is 15.3. The van der Waals surface area contributed by atoms with Gasteiger partial charge in [-0.1, -0.05) is 12.1 Å². The van der Waals surface area contributed by atoms with Gasteiger partial charge in [0.2, 0.25) is 15.9 Å². The molecule has 32 heavy (non-hydrogen) atoms. The molecule has 0 aliphatic carbocycles. The van der Waals surface area contributed by atoms with E-state index < -0.39 is 10.0 Å². The Bertz CT molecular complexity index is 1030. The van der Waals surface area contributed by atoms with Crippen LogP contribution in [-0.4, -0.2) is 65.0 Å². The average molecular weight is 463 g/mol. The zero-order chi connectivity index (χ0) is 23.3. The number of piperidine rings is 1. The number of carbonyl (C=O) groups excluding carboxylic acids is 1. The quantitative estimate of drug-likeness (QED) is 0.600. The Morgan fingerprint density at radius 1 is 0.969 bits per heavy atom. The molecule has 3 rings (SSSR count). The minimum Gasteiger partial charge on any atom is -0.497 e. The van der Waals surface area contributed by atoms with Crippen molar-refractivity contribution in [2.45, 2.75) is 24.3 Å². The first kappa shape index (κ1) is 23.9. The van der Waals surface area contributed by atoms with Crippen molar-refractivity contribution in [2.24, 2.45) is 5.92 Å². The molecule has 2 aromatic carbocycles. The summed E-state index contributed by atoms with van der Waals surface area (Å²) in [6.07, 6.45) is 0.939. The van der Waals surface area contributed by atoms with Crippen LogP contribution in [0.3, 0.4) is 0 Å². The second-order valence-electron chi connectivity index (χ2n) is 7.74. The molecule has 9 heteroatoms. The number of nitrogens with zero attached hydrogens (tertiary/aromatic N) is 2. The molecule has 1 amide bonds. The first-order valence-electron chi connectivity index (χ1n) is 10.4. The third kappa shape index (κ3) is 5.16. The highest BCUT2D eigenvalue weighted by molar-refractivity contribution is 7.89. The Morgan fingerprint density at radius 2 is 1.56 bits per heavy atom. The number of carbonyl (C=O) groups is 1. The predicted molar refractivity (Wildman–Crippen MR) is 120 cm³/mol. The molecule has 2 aromatic rings. The number of amides is 1. The molecule has 0 spiro atoms. The van der Waals surface area contributed by atoms with Gasteiger partial charge in [0, 0.05) is 38.7 Å². The van der Waals surface area contributed by atoms with E-state index in [0.29, 0.717) is 25.1 Å². The van der Waals surface area contributed by atoms with E-state index in [1.165, 1.54) is 24.6 Å². The van der Waals surface area contributed by atoms with Crippen LogP contribution in [0.15, 0.2) is 47.4 Å². The van der Waals surface area contributed by atoms with Gasteiger partial charge in [-0.3, -0.25) is 4.79 Å². The van der Waals surface area contributed by atoms with Crippen molar-refractivity contribution in [2.75, 3.05) is 41.5 Å². The molecule has 1 heterocycles. The highest BCUT2D eigenvalue weighted by Gasteiger charge is 2.34. The van der Waals surface area contributed by atoms with Gasteiger partial charge in [-0.05, 0) is 42.7 Å². The van der Waals surface area contributed by atoms with Crippen molar-refractivity contribution >= 4 is 15.9 Å². The van der Waals surface area contributed by atoms with Crippen molar-refractivity contribution in [1.82, 2.24) is 9.21 Å². The number of benzene rings is 2. The summed E-state index contributed by atoms with van der Waals surface area (Å²) in [6.45, 7) is 1.04. The van der Waals surface area contributed by atoms with Gasteiger partial charge in [-0.15, -0.1) is 0 Å². The highest BCUT2D eigenvalue weighted by Crippen LogP contribution is 2.33. The molecule has 0 radical (unpaired) electrons. The van der Waals surface area contributed by atoms with E-state index in [-0.39, 0.29) is 35.6 Å². The van der Waals surface area contributed by atoms with Gasteiger partial charge < -0.3 is 19.1 Å². The van der Waals surface area contributed by atoms with Crippen molar-refractivity contribution in [3.05, 3.63) is 48.0 Å². The van der Waals surface area contributed by atoms with E-state index in [1.54, 1.807) is 31.2 Å². The summed E-state index contributed by atoms with van der Waals surface area (Å²) in [7, 11) is 2.54. The normalized spacial score (nSPS) is 15.2. The molecule has 0 N–H and O–H groups in total. The number of hydrogen-bond donors (Lipinski definition) is 0. The molecular formula is C23H30N2O6S. The largest absolute Gasteiger partial charge is 0.497 e. The molecule has 0 atom stereocenters. The fourth-order valence-corrected chi connectivity index (χ4v) is 5.50. The summed E-state index contributed by atoms with van der Waals surface area (Å²) < 4.78 is 43.5. The summed E-state index contributed by atoms with van der Waals surface area (Å²) in [4.78, 5) is 14.7. The molecule has 8 nitrogen and oxygen atoms in total. The Labute approximate surface area is 189 Å². The average Bonchev–Trinajstić information content (AvgIpc) is 2.83. The van der Waals surface area contributed by atoms with Crippen LogP contribution in [0.5, 0.6) is 17.2 Å². The van der Waals surface area contributed by atoms with Crippen LogP contribution in [0.2, 0.25) is 0 Å². The minimum absolute atomic E-state index is 0.0248. The van der Waals surface area contributed by atoms with Crippen LogP contribution in [-0.2, 0) is 21.4 Å². The number of ether oxygens (including phenoxy) is 3. The summed E-state index contributed by atoms with van der Waals surface area (Å²) >= 11 is 0. The maximum atomic E-state index is 13.2. The lowest BCUT2D eigenvalue weighted by molar-refractivity contribution is -0.135. The fraction of sp³-hybridized carbons (Fsp3) is 0.435. The van der Waals surface area contributed by atoms with Crippen LogP contribution >= 0.6 is 0 Å². The smallest absolute Gasteiger partial charge is 0.246 e. The predicted octanol–water partition coefficient (Wildman–Crippen LogP) is 2.77. The van der Waals surface area contributed by atoms with Gasteiger partial charge in [0.15, 0.2) is 0 Å². The van der Waals surface area contributed by atoms with Gasteiger partial charge in [-0.25, -0.2) is 8.42 Å². The Morgan fingerprint density at radius 3 is 2.12 bits per heavy atom. The molecule has 0 unspecified atom stereocenters. The number of hydrogen-bond acceptors (Lipinski definition) is 6. The van der Waals surface area contributed by atoms with E-state index in [0.717, 1.165) is 11.3 Å². The van der Waals surface area contributed by atoms with Crippen molar-refractivity contribution in [3.63, 3.8) is 0 Å². The summed E-state index contributed by atoms with van der Waals surface area (Å²) in [5, 5.41) is 0. The molecule has 0 bridgehead atoms. The monoisotopic (exact) mass is 462 g/mol. The zero-order valence-electron chi connectivity index (χ0n) is 18.9. The minimum atomic E-state index is -3.77. The molecule has 1 saturated heterocycles. The van der Waals surface area contributed by atoms with Crippen LogP contribution in [0.25, 0.3) is 0 Å². The van der Waals surface area contributed by atoms with Gasteiger partial charge >= 0.3 is 0 Å². The van der Waals surface area contributed by atoms with Crippen molar-refractivity contribution in [3.8, 4) is 17.2 Å². The standard InChI is InChI=1S/C23H30N2O6S/c1-24(16-17-5-7-19(29-2)8-6-17)23(26)18-11-13-25(14-12-18)32(27,28)22-15-20(30-3)9-10-21(22)31-4/h5-10,15,18H,11-14,16H2,1-4H3. The van der Waals surface area contributed by atoms with E-state index in [1.807, 2.05) is 24.3 Å². The third-order valence-electron chi connectivity index (χ3n) is 5.75. The molecular weight excluding hydrogens is 432 g/mol. The summed E-state index contributed by atoms with van der Waals surface area (Å²) in [5.74, 6) is 1.29. The summed E-state index contributed by atoms with van der Waals surface area (Å²) in [6, 6.07) is 12.3. The Kier molecular flexibility index (Phi) is 7.63. The van der Waals surface area contributed by atoms with Crippen molar-refractivity contribution < 1.29 is 27.4 Å². The SMILES string of the molecule is COc1ccc(CN(C)C(=O)C2CCN(S(=O)(=O)c3cc(OC)ccc3OC)CC2)cc1. The van der Waals surface area contributed by atoms with Gasteiger partial charge in [0.1, 0.15) is 22.1 Å². The van der Waals surface area contributed by atoms with Gasteiger partial charge in [-0.2, -0.15) is 4.31 Å². The second kappa shape index (κ2) is 10.2. The Hall–Kier alpha value is -2.78. The maximum Gasteiger partial charge on any atom is 0.246 e. The lowest BCUT2D eigenvalue weighted by Gasteiger charge is -2.32. The van der Waals surface area contributed by atoms with Crippen molar-refractivity contribution in [1.29, 1.82) is 0 Å². The van der Waals surface area contributed by atoms with E-state index in [9.17, 15) is 13.2 Å². The van der Waals surface area contributed by atoms with Gasteiger partial charge in [0.25, 0.3) is 0 Å². The molecule has 1 aliphatic rings. The number of methoxy groups -OCH3 is 3.